The molecule has 0 saturated carbocycles. The molecule has 7 nitrogen and oxygen atoms in total. The number of nitrogens with one attached hydrogen (secondary N) is 1. The number of aryl methyl sites for hydroxylation is 1. The second-order valence-electron chi connectivity index (χ2n) is 7.75. The SMILES string of the molecule is Cc1cc2c(OCCN(Cc3cncc(-c4cccc(F)c4)c3)OS(C)(=O)=O)cccc2[nH]1. The fourth-order valence-electron chi connectivity index (χ4n) is 3.59. The van der Waals surface area contributed by atoms with Crippen molar-refractivity contribution >= 4 is 21.0 Å². The van der Waals surface area contributed by atoms with Crippen LogP contribution in [0.25, 0.3) is 22.0 Å². The highest BCUT2D eigenvalue weighted by molar-refractivity contribution is 7.85. The molecular formula is C24H24FN3O4S. The summed E-state index contributed by atoms with van der Waals surface area (Å²) in [5.74, 6) is 0.357. The van der Waals surface area contributed by atoms with Gasteiger partial charge in [0.15, 0.2) is 0 Å². The molecule has 1 N–H and O–H groups in total. The number of halogens is 1. The highest BCUT2D eigenvalue weighted by Crippen LogP contribution is 2.26. The summed E-state index contributed by atoms with van der Waals surface area (Å²) in [5.41, 5.74) is 4.10. The molecule has 0 saturated heterocycles. The van der Waals surface area contributed by atoms with Gasteiger partial charge in [-0.2, -0.15) is 17.8 Å². The molecule has 2 aromatic carbocycles. The number of benzene rings is 2. The van der Waals surface area contributed by atoms with Gasteiger partial charge in [-0.05, 0) is 54.4 Å². The molecule has 9 heteroatoms. The van der Waals surface area contributed by atoms with E-state index in [0.29, 0.717) is 16.9 Å². The van der Waals surface area contributed by atoms with Gasteiger partial charge in [0.05, 0.1) is 19.3 Å². The fraction of sp³-hybridized carbons (Fsp3) is 0.208. The lowest BCUT2D eigenvalue weighted by molar-refractivity contribution is -0.0664. The van der Waals surface area contributed by atoms with Gasteiger partial charge in [-0.25, -0.2) is 4.39 Å². The smallest absolute Gasteiger partial charge is 0.280 e. The first-order valence-corrected chi connectivity index (χ1v) is 12.1. The molecule has 2 heterocycles. The number of hydroxylamine groups is 2. The Hall–Kier alpha value is -3.27. The first-order chi connectivity index (χ1) is 15.8. The lowest BCUT2D eigenvalue weighted by Gasteiger charge is -2.20. The minimum atomic E-state index is -3.74. The number of H-pyrrole nitrogens is 1. The quantitative estimate of drug-likeness (QED) is 0.365. The Bertz CT molecular complexity index is 1370. The summed E-state index contributed by atoms with van der Waals surface area (Å²) in [5, 5.41) is 2.27. The maximum absolute atomic E-state index is 13.6. The fourth-order valence-corrected chi connectivity index (χ4v) is 4.10. The van der Waals surface area contributed by atoms with Crippen molar-refractivity contribution in [2.24, 2.45) is 0 Å². The van der Waals surface area contributed by atoms with Crippen LogP contribution in [0.1, 0.15) is 11.3 Å². The number of rotatable bonds is 9. The number of pyridine rings is 1. The molecule has 172 valence electrons. The summed E-state index contributed by atoms with van der Waals surface area (Å²) >= 11 is 0. The monoisotopic (exact) mass is 469 g/mol. The molecule has 0 aliphatic heterocycles. The number of aromatic nitrogens is 2. The third-order valence-electron chi connectivity index (χ3n) is 4.91. The summed E-state index contributed by atoms with van der Waals surface area (Å²) in [6.07, 6.45) is 4.24. The summed E-state index contributed by atoms with van der Waals surface area (Å²) in [6, 6.07) is 15.7. The first kappa shape index (κ1) is 22.9. The average molecular weight is 470 g/mol. The lowest BCUT2D eigenvalue weighted by Crippen LogP contribution is -2.30. The second-order valence-corrected chi connectivity index (χ2v) is 9.31. The van der Waals surface area contributed by atoms with Crippen LogP contribution in [-0.4, -0.2) is 42.9 Å². The van der Waals surface area contributed by atoms with Crippen LogP contribution in [-0.2, 0) is 20.9 Å². The number of hydrogen-bond acceptors (Lipinski definition) is 6. The molecule has 0 amide bonds. The van der Waals surface area contributed by atoms with E-state index in [1.807, 2.05) is 37.3 Å². The van der Waals surface area contributed by atoms with Crippen LogP contribution in [0.5, 0.6) is 5.75 Å². The molecule has 0 radical (unpaired) electrons. The molecule has 33 heavy (non-hydrogen) atoms. The summed E-state index contributed by atoms with van der Waals surface area (Å²) in [6.45, 7) is 2.52. The minimum absolute atomic E-state index is 0.153. The predicted octanol–water partition coefficient (Wildman–Crippen LogP) is 4.45. The highest BCUT2D eigenvalue weighted by atomic mass is 32.2. The maximum atomic E-state index is 13.6. The Kier molecular flexibility index (Phi) is 6.73. The van der Waals surface area contributed by atoms with Crippen LogP contribution in [0.3, 0.4) is 0 Å². The van der Waals surface area contributed by atoms with Crippen LogP contribution in [0, 0.1) is 12.7 Å². The summed E-state index contributed by atoms with van der Waals surface area (Å²) < 4.78 is 48.3. The molecule has 0 spiro atoms. The van der Waals surface area contributed by atoms with Crippen molar-refractivity contribution in [2.75, 3.05) is 19.4 Å². The average Bonchev–Trinajstić information content (AvgIpc) is 3.14. The van der Waals surface area contributed by atoms with E-state index in [9.17, 15) is 12.8 Å². The van der Waals surface area contributed by atoms with E-state index in [2.05, 4.69) is 9.97 Å². The Balaban J connectivity index is 1.48. The van der Waals surface area contributed by atoms with Crippen LogP contribution >= 0.6 is 0 Å². The van der Waals surface area contributed by atoms with Gasteiger partial charge < -0.3 is 9.72 Å². The second kappa shape index (κ2) is 9.70. The number of nitrogens with zero attached hydrogens (tertiary/aromatic N) is 2. The van der Waals surface area contributed by atoms with Gasteiger partial charge in [0, 0.05) is 34.6 Å². The standard InChI is InChI=1S/C24H24FN3O4S/c1-17-11-22-23(27-17)7-4-8-24(22)31-10-9-28(32-33(2,29)30)16-18-12-20(15-26-14-18)19-5-3-6-21(25)13-19/h3-8,11-15,27H,9-10,16H2,1-2H3. The molecule has 0 atom stereocenters. The van der Waals surface area contributed by atoms with Gasteiger partial charge in [-0.1, -0.05) is 18.2 Å². The molecule has 4 aromatic rings. The van der Waals surface area contributed by atoms with E-state index >= 15 is 0 Å². The van der Waals surface area contributed by atoms with E-state index in [1.54, 1.807) is 24.5 Å². The van der Waals surface area contributed by atoms with Gasteiger partial charge in [0.2, 0.25) is 0 Å². The van der Waals surface area contributed by atoms with E-state index in [0.717, 1.165) is 28.4 Å². The van der Waals surface area contributed by atoms with E-state index < -0.39 is 10.1 Å². The lowest BCUT2D eigenvalue weighted by atomic mass is 10.1. The molecule has 0 fully saturated rings. The zero-order chi connectivity index (χ0) is 23.4. The van der Waals surface area contributed by atoms with E-state index in [-0.39, 0.29) is 25.5 Å². The van der Waals surface area contributed by atoms with Crippen molar-refractivity contribution < 1.29 is 21.8 Å². The largest absolute Gasteiger partial charge is 0.491 e. The summed E-state index contributed by atoms with van der Waals surface area (Å²) in [7, 11) is -3.74. The van der Waals surface area contributed by atoms with E-state index in [1.165, 1.54) is 17.2 Å². The third-order valence-corrected chi connectivity index (χ3v) is 5.39. The van der Waals surface area contributed by atoms with Gasteiger partial charge in [0.1, 0.15) is 18.2 Å². The molecular weight excluding hydrogens is 445 g/mol. The van der Waals surface area contributed by atoms with E-state index in [4.69, 9.17) is 9.02 Å². The Labute approximate surface area is 191 Å². The number of aromatic amines is 1. The zero-order valence-electron chi connectivity index (χ0n) is 18.3. The minimum Gasteiger partial charge on any atom is -0.491 e. The number of fused-ring (bicyclic) bond motifs is 1. The molecule has 0 aliphatic rings. The number of ether oxygens (including phenoxy) is 1. The molecule has 4 rings (SSSR count). The topological polar surface area (TPSA) is 84.5 Å². The predicted molar refractivity (Wildman–Crippen MR) is 125 cm³/mol. The zero-order valence-corrected chi connectivity index (χ0v) is 19.1. The van der Waals surface area contributed by atoms with Gasteiger partial charge in [-0.15, -0.1) is 0 Å². The van der Waals surface area contributed by atoms with Crippen molar-refractivity contribution in [3.8, 4) is 16.9 Å². The molecule has 0 unspecified atom stereocenters. The maximum Gasteiger partial charge on any atom is 0.280 e. The van der Waals surface area contributed by atoms with Gasteiger partial charge in [0.25, 0.3) is 10.1 Å². The number of hydrogen-bond donors (Lipinski definition) is 1. The van der Waals surface area contributed by atoms with Crippen LogP contribution in [0.2, 0.25) is 0 Å². The van der Waals surface area contributed by atoms with Gasteiger partial charge in [-0.3, -0.25) is 4.98 Å². The normalized spacial score (nSPS) is 11.9. The van der Waals surface area contributed by atoms with Crippen molar-refractivity contribution in [3.63, 3.8) is 0 Å². The molecule has 2 aromatic heterocycles. The van der Waals surface area contributed by atoms with Crippen LogP contribution < -0.4 is 4.74 Å². The Morgan fingerprint density at radius 1 is 1.06 bits per heavy atom. The van der Waals surface area contributed by atoms with Crippen molar-refractivity contribution in [1.82, 2.24) is 15.0 Å². The van der Waals surface area contributed by atoms with Crippen molar-refractivity contribution in [3.05, 3.63) is 84.1 Å². The molecule has 0 bridgehead atoms. The van der Waals surface area contributed by atoms with Crippen molar-refractivity contribution in [2.45, 2.75) is 13.5 Å². The highest BCUT2D eigenvalue weighted by Gasteiger charge is 2.15. The van der Waals surface area contributed by atoms with Crippen LogP contribution in [0.15, 0.2) is 67.0 Å². The summed E-state index contributed by atoms with van der Waals surface area (Å²) in [4.78, 5) is 7.47. The van der Waals surface area contributed by atoms with Gasteiger partial charge >= 0.3 is 0 Å². The van der Waals surface area contributed by atoms with Crippen LogP contribution in [0.4, 0.5) is 4.39 Å². The Morgan fingerprint density at radius 2 is 1.88 bits per heavy atom. The Morgan fingerprint density at radius 3 is 2.67 bits per heavy atom. The van der Waals surface area contributed by atoms with Crippen molar-refractivity contribution in [1.29, 1.82) is 0 Å². The first-order valence-electron chi connectivity index (χ1n) is 10.3. The molecule has 0 aliphatic carbocycles. The third kappa shape index (κ3) is 6.16.